The molecule has 3 rings (SSSR count). The fourth-order valence-corrected chi connectivity index (χ4v) is 3.06. The molecular weight excluding hydrogens is 314 g/mol. The zero-order chi connectivity index (χ0) is 17.5. The number of H-pyrrole nitrogens is 1. The molecule has 2 aromatic rings. The van der Waals surface area contributed by atoms with E-state index in [4.69, 9.17) is 0 Å². The van der Waals surface area contributed by atoms with Crippen LogP contribution in [0.4, 0.5) is 0 Å². The molecule has 1 aromatic carbocycles. The third-order valence-corrected chi connectivity index (χ3v) is 4.41. The van der Waals surface area contributed by atoms with Gasteiger partial charge in [0.2, 0.25) is 5.56 Å². The van der Waals surface area contributed by atoms with Gasteiger partial charge in [0, 0.05) is 25.7 Å². The van der Waals surface area contributed by atoms with Gasteiger partial charge in [-0.1, -0.05) is 48.6 Å². The average molecular weight is 337 g/mol. The highest BCUT2D eigenvalue weighted by Gasteiger charge is 2.22. The van der Waals surface area contributed by atoms with Gasteiger partial charge in [-0.05, 0) is 30.5 Å². The van der Waals surface area contributed by atoms with Crippen LogP contribution in [0.3, 0.4) is 0 Å². The predicted octanol–water partition coefficient (Wildman–Crippen LogP) is 2.14. The van der Waals surface area contributed by atoms with Gasteiger partial charge in [-0.15, -0.1) is 0 Å². The average Bonchev–Trinajstić information content (AvgIpc) is 3.08. The summed E-state index contributed by atoms with van der Waals surface area (Å²) in [6, 6.07) is 14.9. The summed E-state index contributed by atoms with van der Waals surface area (Å²) in [5, 5.41) is 2.92. The number of aromatic amines is 1. The minimum Gasteiger partial charge on any atom is -0.350 e. The lowest BCUT2D eigenvalue weighted by Crippen LogP contribution is -2.32. The quantitative estimate of drug-likeness (QED) is 0.849. The molecule has 1 aliphatic rings. The Kier molecular flexibility index (Phi) is 5.80. The van der Waals surface area contributed by atoms with Crippen LogP contribution >= 0.6 is 0 Å². The van der Waals surface area contributed by atoms with E-state index in [2.05, 4.69) is 39.5 Å². The highest BCUT2D eigenvalue weighted by atomic mass is 16.2. The number of carbonyl (C=O) groups excluding carboxylic acids is 1. The van der Waals surface area contributed by atoms with Gasteiger partial charge >= 0.3 is 0 Å². The maximum atomic E-state index is 12.1. The Morgan fingerprint density at radius 2 is 2.04 bits per heavy atom. The van der Waals surface area contributed by atoms with Gasteiger partial charge in [-0.2, -0.15) is 0 Å². The summed E-state index contributed by atoms with van der Waals surface area (Å²) in [6.07, 6.45) is 5.40. The summed E-state index contributed by atoms with van der Waals surface area (Å²) in [5.41, 5.74) is 1.26. The van der Waals surface area contributed by atoms with Crippen LogP contribution in [0.1, 0.15) is 22.5 Å². The number of amides is 1. The molecule has 25 heavy (non-hydrogen) atoms. The first-order chi connectivity index (χ1) is 12.2. The molecule has 0 radical (unpaired) electrons. The van der Waals surface area contributed by atoms with Crippen LogP contribution < -0.4 is 10.9 Å². The number of aromatic nitrogens is 1. The normalized spacial score (nSPS) is 17.8. The zero-order valence-electron chi connectivity index (χ0n) is 14.2. The molecule has 1 unspecified atom stereocenters. The molecule has 2 N–H and O–H groups in total. The van der Waals surface area contributed by atoms with Crippen molar-refractivity contribution < 1.29 is 4.79 Å². The van der Waals surface area contributed by atoms with E-state index in [1.54, 1.807) is 12.1 Å². The van der Waals surface area contributed by atoms with Crippen LogP contribution in [0.15, 0.2) is 59.4 Å². The lowest BCUT2D eigenvalue weighted by molar-refractivity contribution is 0.0942. The first kappa shape index (κ1) is 17.2. The second-order valence-corrected chi connectivity index (χ2v) is 6.37. The molecule has 0 bridgehead atoms. The van der Waals surface area contributed by atoms with Gasteiger partial charge in [0.15, 0.2) is 0 Å². The lowest BCUT2D eigenvalue weighted by atomic mass is 10.1. The molecule has 1 aliphatic heterocycles. The zero-order valence-corrected chi connectivity index (χ0v) is 14.2. The van der Waals surface area contributed by atoms with E-state index in [0.29, 0.717) is 18.2 Å². The highest BCUT2D eigenvalue weighted by Crippen LogP contribution is 2.15. The highest BCUT2D eigenvalue weighted by molar-refractivity contribution is 5.92. The fraction of sp³-hybridized carbons (Fsp3) is 0.300. The maximum Gasteiger partial charge on any atom is 0.267 e. The van der Waals surface area contributed by atoms with Gasteiger partial charge in [-0.25, -0.2) is 0 Å². The Morgan fingerprint density at radius 1 is 1.20 bits per heavy atom. The van der Waals surface area contributed by atoms with Crippen molar-refractivity contribution in [3.8, 4) is 0 Å². The van der Waals surface area contributed by atoms with E-state index in [0.717, 1.165) is 26.1 Å². The summed E-state index contributed by atoms with van der Waals surface area (Å²) in [4.78, 5) is 28.2. The summed E-state index contributed by atoms with van der Waals surface area (Å²) in [6.45, 7) is 3.58. The predicted molar refractivity (Wildman–Crippen MR) is 99.4 cm³/mol. The molecule has 1 atom stereocenters. The Hall–Kier alpha value is -2.66. The summed E-state index contributed by atoms with van der Waals surface area (Å²) >= 11 is 0. The Labute approximate surface area is 147 Å². The minimum absolute atomic E-state index is 0.222. The third-order valence-electron chi connectivity index (χ3n) is 4.41. The van der Waals surface area contributed by atoms with Crippen LogP contribution in [0.25, 0.3) is 6.08 Å². The summed E-state index contributed by atoms with van der Waals surface area (Å²) < 4.78 is 0. The van der Waals surface area contributed by atoms with Gasteiger partial charge in [-0.3, -0.25) is 14.5 Å². The first-order valence-electron chi connectivity index (χ1n) is 8.62. The molecule has 1 aromatic heterocycles. The molecule has 0 spiro atoms. The number of likely N-dealkylation sites (tertiary alicyclic amines) is 1. The lowest BCUT2D eigenvalue weighted by Gasteiger charge is -2.14. The van der Waals surface area contributed by atoms with Gasteiger partial charge in [0.25, 0.3) is 5.91 Å². The number of nitrogens with zero attached hydrogens (tertiary/aromatic N) is 1. The fourth-order valence-electron chi connectivity index (χ4n) is 3.06. The Bertz CT molecular complexity index is 783. The second-order valence-electron chi connectivity index (χ2n) is 6.37. The molecular formula is C20H23N3O2. The number of pyridine rings is 1. The van der Waals surface area contributed by atoms with Crippen molar-refractivity contribution in [1.29, 1.82) is 0 Å². The van der Waals surface area contributed by atoms with Crippen molar-refractivity contribution in [2.45, 2.75) is 6.42 Å². The van der Waals surface area contributed by atoms with E-state index in [9.17, 15) is 9.59 Å². The topological polar surface area (TPSA) is 65.2 Å². The summed E-state index contributed by atoms with van der Waals surface area (Å²) in [7, 11) is 0. The third kappa shape index (κ3) is 5.16. The van der Waals surface area contributed by atoms with E-state index in [1.807, 2.05) is 18.2 Å². The monoisotopic (exact) mass is 337 g/mol. The van der Waals surface area contributed by atoms with E-state index < -0.39 is 0 Å². The van der Waals surface area contributed by atoms with E-state index >= 15 is 0 Å². The van der Waals surface area contributed by atoms with Crippen LogP contribution in [-0.4, -0.2) is 42.0 Å². The largest absolute Gasteiger partial charge is 0.350 e. The number of carbonyl (C=O) groups is 1. The molecule has 1 fully saturated rings. The van der Waals surface area contributed by atoms with Crippen molar-refractivity contribution in [3.05, 3.63) is 76.2 Å². The standard InChI is InChI=1S/C20H23N3O2/c24-19-10-4-9-18(22-19)20(25)21-14-17-11-13-23(15-17)12-5-8-16-6-2-1-3-7-16/h1-10,17H,11-15H2,(H,21,25)(H,22,24)/b8-5+. The van der Waals surface area contributed by atoms with Crippen molar-refractivity contribution >= 4 is 12.0 Å². The molecule has 2 heterocycles. The van der Waals surface area contributed by atoms with E-state index in [1.165, 1.54) is 11.6 Å². The number of rotatable bonds is 6. The van der Waals surface area contributed by atoms with Gasteiger partial charge in [0.1, 0.15) is 5.69 Å². The van der Waals surface area contributed by atoms with E-state index in [-0.39, 0.29) is 11.5 Å². The van der Waals surface area contributed by atoms with Gasteiger partial charge in [0.05, 0.1) is 0 Å². The molecule has 1 saturated heterocycles. The van der Waals surface area contributed by atoms with Crippen LogP contribution in [-0.2, 0) is 0 Å². The number of hydrogen-bond donors (Lipinski definition) is 2. The first-order valence-corrected chi connectivity index (χ1v) is 8.62. The maximum absolute atomic E-state index is 12.1. The SMILES string of the molecule is O=C(NCC1CCN(C/C=C/c2ccccc2)C1)c1cccc(=O)[nH]1. The van der Waals surface area contributed by atoms with Crippen molar-refractivity contribution in [3.63, 3.8) is 0 Å². The van der Waals surface area contributed by atoms with Crippen molar-refractivity contribution in [2.75, 3.05) is 26.2 Å². The Morgan fingerprint density at radius 3 is 2.84 bits per heavy atom. The van der Waals surface area contributed by atoms with Crippen LogP contribution in [0.2, 0.25) is 0 Å². The molecule has 5 heteroatoms. The van der Waals surface area contributed by atoms with Gasteiger partial charge < -0.3 is 10.3 Å². The smallest absolute Gasteiger partial charge is 0.267 e. The van der Waals surface area contributed by atoms with Crippen LogP contribution in [0.5, 0.6) is 0 Å². The summed E-state index contributed by atoms with van der Waals surface area (Å²) in [5.74, 6) is 0.227. The molecule has 5 nitrogen and oxygen atoms in total. The minimum atomic E-state index is -0.259. The molecule has 0 aliphatic carbocycles. The van der Waals surface area contributed by atoms with Crippen molar-refractivity contribution in [1.82, 2.24) is 15.2 Å². The molecule has 0 saturated carbocycles. The molecule has 1 amide bonds. The Balaban J connectivity index is 1.41. The number of hydrogen-bond acceptors (Lipinski definition) is 3. The molecule has 130 valence electrons. The number of nitrogens with one attached hydrogen (secondary N) is 2. The number of benzene rings is 1. The van der Waals surface area contributed by atoms with Crippen molar-refractivity contribution in [2.24, 2.45) is 5.92 Å². The van der Waals surface area contributed by atoms with Crippen LogP contribution in [0, 0.1) is 5.92 Å². The second kappa shape index (κ2) is 8.44.